The molecular formula is C26H32N4O3. The average Bonchev–Trinajstić information content (AvgIpc) is 3.52. The van der Waals surface area contributed by atoms with Crippen molar-refractivity contribution in [2.24, 2.45) is 5.92 Å². The fourth-order valence-corrected chi connectivity index (χ4v) is 4.29. The van der Waals surface area contributed by atoms with Crippen LogP contribution in [0.3, 0.4) is 0 Å². The van der Waals surface area contributed by atoms with E-state index in [-0.39, 0.29) is 6.04 Å². The highest BCUT2D eigenvalue weighted by Crippen LogP contribution is 2.34. The first-order valence-corrected chi connectivity index (χ1v) is 11.7. The Morgan fingerprint density at radius 1 is 1.18 bits per heavy atom. The van der Waals surface area contributed by atoms with Crippen LogP contribution in [0.1, 0.15) is 76.8 Å². The molecule has 0 unspecified atom stereocenters. The summed E-state index contributed by atoms with van der Waals surface area (Å²) < 4.78 is 10.9. The van der Waals surface area contributed by atoms with Crippen molar-refractivity contribution in [1.82, 2.24) is 20.4 Å². The predicted octanol–water partition coefficient (Wildman–Crippen LogP) is 5.41. The summed E-state index contributed by atoms with van der Waals surface area (Å²) in [4.78, 5) is 18.7. The van der Waals surface area contributed by atoms with Crippen LogP contribution in [-0.4, -0.2) is 33.3 Å². The molecule has 33 heavy (non-hydrogen) atoms. The van der Waals surface area contributed by atoms with Gasteiger partial charge in [-0.3, -0.25) is 5.32 Å². The molecule has 1 amide bonds. The number of carbonyl (C=O) groups excluding carboxylic acids is 1. The number of amides is 1. The number of carbonyl (C=O) groups is 1. The van der Waals surface area contributed by atoms with E-state index in [0.29, 0.717) is 23.5 Å². The molecule has 0 bridgehead atoms. The summed E-state index contributed by atoms with van der Waals surface area (Å²) >= 11 is 0. The average molecular weight is 449 g/mol. The van der Waals surface area contributed by atoms with Crippen LogP contribution in [0.25, 0.3) is 11.4 Å². The number of nitrogens with zero attached hydrogens (tertiary/aromatic N) is 3. The Balaban J connectivity index is 1.40. The van der Waals surface area contributed by atoms with Gasteiger partial charge >= 0.3 is 6.09 Å². The van der Waals surface area contributed by atoms with Crippen molar-refractivity contribution in [1.29, 1.82) is 0 Å². The second kappa shape index (κ2) is 9.70. The lowest BCUT2D eigenvalue weighted by Gasteiger charge is -2.27. The van der Waals surface area contributed by atoms with Gasteiger partial charge in [0.15, 0.2) is 0 Å². The first kappa shape index (κ1) is 22.9. The quantitative estimate of drug-likeness (QED) is 0.630. The summed E-state index contributed by atoms with van der Waals surface area (Å²) in [6.07, 6.45) is 6.27. The topological polar surface area (TPSA) is 80.5 Å². The third kappa shape index (κ3) is 5.95. The van der Waals surface area contributed by atoms with Crippen LogP contribution in [0.2, 0.25) is 0 Å². The van der Waals surface area contributed by atoms with E-state index in [0.717, 1.165) is 30.5 Å². The zero-order chi connectivity index (χ0) is 23.4. The molecule has 1 aliphatic heterocycles. The van der Waals surface area contributed by atoms with Gasteiger partial charge in [-0.1, -0.05) is 36.4 Å². The van der Waals surface area contributed by atoms with Crippen molar-refractivity contribution in [2.45, 2.75) is 70.9 Å². The molecule has 1 aliphatic carbocycles. The van der Waals surface area contributed by atoms with E-state index < -0.39 is 11.7 Å². The normalized spacial score (nSPS) is 18.6. The maximum Gasteiger partial charge on any atom is 0.413 e. The summed E-state index contributed by atoms with van der Waals surface area (Å²) in [7, 11) is 0. The van der Waals surface area contributed by atoms with Gasteiger partial charge in [-0.2, -0.15) is 4.98 Å². The van der Waals surface area contributed by atoms with Crippen molar-refractivity contribution in [3.05, 3.63) is 48.1 Å². The van der Waals surface area contributed by atoms with Gasteiger partial charge in [0.1, 0.15) is 17.5 Å². The fourth-order valence-electron chi connectivity index (χ4n) is 4.29. The second-order valence-corrected chi connectivity index (χ2v) is 9.71. The summed E-state index contributed by atoms with van der Waals surface area (Å²) in [5.41, 5.74) is 1.31. The molecule has 2 heterocycles. The van der Waals surface area contributed by atoms with Crippen molar-refractivity contribution >= 4 is 6.09 Å². The molecule has 0 radical (unpaired) electrons. The molecule has 4 rings (SSSR count). The third-order valence-electron chi connectivity index (χ3n) is 5.89. The summed E-state index contributed by atoms with van der Waals surface area (Å²) in [5, 5.41) is 6.90. The second-order valence-electron chi connectivity index (χ2n) is 9.71. The maximum atomic E-state index is 12.1. The molecule has 0 spiro atoms. The Hall–Kier alpha value is -3.27. The molecule has 7 nitrogen and oxygen atoms in total. The zero-order valence-corrected chi connectivity index (χ0v) is 19.7. The minimum atomic E-state index is -0.576. The Kier molecular flexibility index (Phi) is 6.73. The molecule has 7 heteroatoms. The molecule has 174 valence electrons. The van der Waals surface area contributed by atoms with Crippen molar-refractivity contribution in [3.63, 3.8) is 0 Å². The van der Waals surface area contributed by atoms with Crippen LogP contribution in [0.5, 0.6) is 0 Å². The van der Waals surface area contributed by atoms with E-state index >= 15 is 0 Å². The van der Waals surface area contributed by atoms with Crippen LogP contribution in [0.15, 0.2) is 41.2 Å². The minimum absolute atomic E-state index is 0.134. The maximum absolute atomic E-state index is 12.1. The van der Waals surface area contributed by atoms with Crippen LogP contribution >= 0.6 is 0 Å². The predicted molar refractivity (Wildman–Crippen MR) is 126 cm³/mol. The molecule has 1 aromatic heterocycles. The Morgan fingerprint density at radius 2 is 1.91 bits per heavy atom. The van der Waals surface area contributed by atoms with Crippen molar-refractivity contribution < 1.29 is 14.1 Å². The van der Waals surface area contributed by atoms with Crippen LogP contribution < -0.4 is 5.32 Å². The van der Waals surface area contributed by atoms with Crippen LogP contribution in [0, 0.1) is 17.8 Å². The smallest absolute Gasteiger partial charge is 0.413 e. The monoisotopic (exact) mass is 448 g/mol. The first-order chi connectivity index (χ1) is 15.8. The Labute approximate surface area is 195 Å². The third-order valence-corrected chi connectivity index (χ3v) is 5.89. The van der Waals surface area contributed by atoms with Crippen LogP contribution in [0.4, 0.5) is 4.79 Å². The first-order valence-electron chi connectivity index (χ1n) is 11.7. The molecule has 1 atom stereocenters. The van der Waals surface area contributed by atoms with Crippen molar-refractivity contribution in [2.75, 3.05) is 6.54 Å². The standard InChI is InChI=1S/C26H32N4O3/c1-18(27-25(31)32-26(2,3)4)30-17-7-10-22(30)24-28-23(29-33-24)21-15-13-20(14-16-21)12-11-19-8-5-6-9-19/h13-16,19,22H,1,5-10,17H2,2-4H3,(H,27,31)/t22-/m0/s1. The fraction of sp³-hybridized carbons (Fsp3) is 0.500. The molecule has 1 aromatic carbocycles. The number of aromatic nitrogens is 2. The molecule has 2 aliphatic rings. The molecule has 2 fully saturated rings. The molecule has 1 N–H and O–H groups in total. The van der Waals surface area contributed by atoms with Gasteiger partial charge in [-0.05, 0) is 70.7 Å². The SMILES string of the molecule is C=C(NC(=O)OC(C)(C)C)N1CCC[C@H]1c1nc(-c2ccc(C#CC3CCCC3)cc2)no1. The highest BCUT2D eigenvalue weighted by molar-refractivity contribution is 5.69. The van der Waals surface area contributed by atoms with Gasteiger partial charge < -0.3 is 14.2 Å². The number of likely N-dealkylation sites (tertiary alicyclic amines) is 1. The van der Waals surface area contributed by atoms with E-state index in [1.54, 1.807) is 0 Å². The van der Waals surface area contributed by atoms with E-state index in [9.17, 15) is 4.79 Å². The number of hydrogen-bond donors (Lipinski definition) is 1. The lowest BCUT2D eigenvalue weighted by atomic mass is 10.1. The van der Waals surface area contributed by atoms with Gasteiger partial charge in [-0.15, -0.1) is 0 Å². The summed E-state index contributed by atoms with van der Waals surface area (Å²) in [6, 6.07) is 7.82. The van der Waals surface area contributed by atoms with E-state index in [1.807, 2.05) is 49.9 Å². The summed E-state index contributed by atoms with van der Waals surface area (Å²) in [6.45, 7) is 10.2. The highest BCUT2D eigenvalue weighted by atomic mass is 16.6. The largest absolute Gasteiger partial charge is 0.444 e. The summed E-state index contributed by atoms with van der Waals surface area (Å²) in [5.74, 6) is 8.74. The van der Waals surface area contributed by atoms with E-state index in [1.165, 1.54) is 25.7 Å². The molecular weight excluding hydrogens is 416 g/mol. The Morgan fingerprint density at radius 3 is 2.61 bits per heavy atom. The number of hydrogen-bond acceptors (Lipinski definition) is 6. The highest BCUT2D eigenvalue weighted by Gasteiger charge is 2.32. The number of nitrogens with one attached hydrogen (secondary N) is 1. The lowest BCUT2D eigenvalue weighted by molar-refractivity contribution is 0.0523. The molecule has 1 saturated heterocycles. The van der Waals surface area contributed by atoms with E-state index in [2.05, 4.69) is 33.9 Å². The van der Waals surface area contributed by atoms with Crippen molar-refractivity contribution in [3.8, 4) is 23.2 Å². The zero-order valence-electron chi connectivity index (χ0n) is 19.7. The number of benzene rings is 1. The number of alkyl carbamates (subject to hydrolysis) is 1. The van der Waals surface area contributed by atoms with Gasteiger partial charge in [0.05, 0.1) is 0 Å². The van der Waals surface area contributed by atoms with Gasteiger partial charge in [0, 0.05) is 23.6 Å². The molecule has 2 aromatic rings. The van der Waals surface area contributed by atoms with Gasteiger partial charge in [0.2, 0.25) is 11.7 Å². The Bertz CT molecular complexity index is 1050. The number of rotatable bonds is 4. The lowest BCUT2D eigenvalue weighted by Crippen LogP contribution is -2.37. The molecule has 1 saturated carbocycles. The number of ether oxygens (including phenoxy) is 1. The van der Waals surface area contributed by atoms with Gasteiger partial charge in [0.25, 0.3) is 0 Å². The van der Waals surface area contributed by atoms with E-state index in [4.69, 9.17) is 9.26 Å². The minimum Gasteiger partial charge on any atom is -0.444 e. The van der Waals surface area contributed by atoms with Gasteiger partial charge in [-0.25, -0.2) is 4.79 Å². The van der Waals surface area contributed by atoms with Crippen LogP contribution in [-0.2, 0) is 4.74 Å².